The zero-order chi connectivity index (χ0) is 11.2. The second kappa shape index (κ2) is 5.96. The molecule has 0 fully saturated rings. The molecule has 2 heterocycles. The Hall–Kier alpha value is -0.940. The van der Waals surface area contributed by atoms with E-state index in [9.17, 15) is 0 Å². The lowest BCUT2D eigenvalue weighted by Gasteiger charge is -1.98. The highest BCUT2D eigenvalue weighted by Crippen LogP contribution is 2.01. The number of ether oxygens (including phenoxy) is 2. The largest absolute Gasteiger partial charge is 0.375 e. The lowest BCUT2D eigenvalue weighted by Crippen LogP contribution is -2.36. The lowest BCUT2D eigenvalue weighted by molar-refractivity contribution is -0.755. The van der Waals surface area contributed by atoms with Crippen molar-refractivity contribution < 1.29 is 14.2 Å². The molecule has 5 heteroatoms. The van der Waals surface area contributed by atoms with Crippen molar-refractivity contribution >= 4 is 0 Å². The van der Waals surface area contributed by atoms with Gasteiger partial charge in [0.25, 0.3) is 0 Å². The van der Waals surface area contributed by atoms with E-state index in [0.29, 0.717) is 26.4 Å². The number of hydrogen-bond acceptors (Lipinski definition) is 3. The van der Waals surface area contributed by atoms with E-state index in [1.165, 1.54) is 12.8 Å². The minimum absolute atomic E-state index is 0.634. The van der Waals surface area contributed by atoms with Crippen molar-refractivity contribution in [3.63, 3.8) is 0 Å². The van der Waals surface area contributed by atoms with Crippen LogP contribution in [0.1, 0.15) is 25.5 Å². The fraction of sp³-hybridized carbons (Fsp3) is 0.818. The molecule has 0 aliphatic carbocycles. The summed E-state index contributed by atoms with van der Waals surface area (Å²) < 4.78 is 14.9. The molecule has 1 aromatic heterocycles. The molecule has 0 atom stereocenters. The Balaban J connectivity index is 2.04. The molecule has 1 aliphatic heterocycles. The van der Waals surface area contributed by atoms with Crippen LogP contribution in [0.3, 0.4) is 0 Å². The highest BCUT2D eigenvalue weighted by atomic mass is 16.5. The molecule has 0 radical (unpaired) electrons. The molecule has 0 saturated carbocycles. The third-order valence-corrected chi connectivity index (χ3v) is 2.66. The molecule has 5 nitrogen and oxygen atoms in total. The summed E-state index contributed by atoms with van der Waals surface area (Å²) in [5.41, 5.74) is 1.14. The van der Waals surface area contributed by atoms with Gasteiger partial charge in [-0.2, -0.15) is 0 Å². The van der Waals surface area contributed by atoms with Crippen molar-refractivity contribution in [3.8, 4) is 0 Å². The van der Waals surface area contributed by atoms with Gasteiger partial charge < -0.3 is 9.47 Å². The molecule has 0 aromatic carbocycles. The first-order valence-corrected chi connectivity index (χ1v) is 6.02. The van der Waals surface area contributed by atoms with Crippen LogP contribution in [-0.4, -0.2) is 29.7 Å². The topological polar surface area (TPSA) is 40.2 Å². The van der Waals surface area contributed by atoms with Crippen molar-refractivity contribution in [1.29, 1.82) is 0 Å². The summed E-state index contributed by atoms with van der Waals surface area (Å²) in [6.07, 6.45) is 4.44. The summed E-state index contributed by atoms with van der Waals surface area (Å²) in [6, 6.07) is 0. The van der Waals surface area contributed by atoms with Gasteiger partial charge in [-0.15, -0.1) is 9.36 Å². The highest BCUT2D eigenvalue weighted by molar-refractivity contribution is 4.88. The van der Waals surface area contributed by atoms with Crippen LogP contribution >= 0.6 is 0 Å². The van der Waals surface area contributed by atoms with E-state index in [1.807, 2.05) is 9.36 Å². The SMILES string of the molecule is CCCC[n+]1cc2n(n1)CCOCCOC2. The van der Waals surface area contributed by atoms with Gasteiger partial charge in [0.1, 0.15) is 19.7 Å². The van der Waals surface area contributed by atoms with E-state index >= 15 is 0 Å². The third kappa shape index (κ3) is 3.02. The predicted octanol–water partition coefficient (Wildman–Crippen LogP) is 0.517. The number of fused-ring (bicyclic) bond motifs is 1. The van der Waals surface area contributed by atoms with Crippen LogP contribution in [0, 0.1) is 0 Å². The zero-order valence-corrected chi connectivity index (χ0v) is 9.89. The first-order chi connectivity index (χ1) is 7.90. The number of unbranched alkanes of at least 4 members (excludes halogenated alkanes) is 1. The Morgan fingerprint density at radius 1 is 1.38 bits per heavy atom. The predicted molar refractivity (Wildman–Crippen MR) is 57.8 cm³/mol. The second-order valence-corrected chi connectivity index (χ2v) is 4.01. The Bertz CT molecular complexity index is 300. The van der Waals surface area contributed by atoms with Gasteiger partial charge in [0.05, 0.1) is 25.0 Å². The van der Waals surface area contributed by atoms with Gasteiger partial charge in [-0.1, -0.05) is 13.3 Å². The van der Waals surface area contributed by atoms with Crippen molar-refractivity contribution in [2.24, 2.45) is 0 Å². The molecule has 0 saturated heterocycles. The normalized spacial score (nSPS) is 17.3. The van der Waals surface area contributed by atoms with Gasteiger partial charge in [0.15, 0.2) is 11.9 Å². The summed E-state index contributed by atoms with van der Waals surface area (Å²) in [5, 5.41) is 4.50. The monoisotopic (exact) mass is 226 g/mol. The van der Waals surface area contributed by atoms with E-state index in [4.69, 9.17) is 9.47 Å². The molecule has 90 valence electrons. The van der Waals surface area contributed by atoms with Crippen molar-refractivity contribution in [2.45, 2.75) is 39.5 Å². The number of nitrogens with zero attached hydrogens (tertiary/aromatic N) is 3. The molecule has 0 spiro atoms. The van der Waals surface area contributed by atoms with Crippen molar-refractivity contribution in [1.82, 2.24) is 9.90 Å². The number of hydrogen-bond donors (Lipinski definition) is 0. The second-order valence-electron chi connectivity index (χ2n) is 4.01. The summed E-state index contributed by atoms with van der Waals surface area (Å²) in [7, 11) is 0. The van der Waals surface area contributed by atoms with E-state index in [-0.39, 0.29) is 0 Å². The minimum atomic E-state index is 0.634. The van der Waals surface area contributed by atoms with Gasteiger partial charge in [-0.25, -0.2) is 0 Å². The van der Waals surface area contributed by atoms with Gasteiger partial charge in [0, 0.05) is 0 Å². The van der Waals surface area contributed by atoms with E-state index in [1.54, 1.807) is 0 Å². The van der Waals surface area contributed by atoms with Crippen LogP contribution in [0.25, 0.3) is 0 Å². The molecular formula is C11H20N3O2+. The van der Waals surface area contributed by atoms with Gasteiger partial charge >= 0.3 is 0 Å². The Morgan fingerprint density at radius 3 is 3.12 bits per heavy atom. The van der Waals surface area contributed by atoms with Gasteiger partial charge in [-0.05, 0) is 6.42 Å². The standard InChI is InChI=1S/C11H20N3O2/c1-2-3-4-13-9-11-10-16-8-7-15-6-5-14(11)12-13/h9H,2-8,10H2,1H3/q+1. The van der Waals surface area contributed by atoms with Gasteiger partial charge in [-0.3, -0.25) is 0 Å². The molecule has 0 amide bonds. The van der Waals surface area contributed by atoms with Crippen LogP contribution in [-0.2, 0) is 29.2 Å². The number of rotatable bonds is 3. The molecule has 0 unspecified atom stereocenters. The van der Waals surface area contributed by atoms with Gasteiger partial charge in [0.2, 0.25) is 0 Å². The number of aromatic nitrogens is 3. The molecule has 0 bridgehead atoms. The summed E-state index contributed by atoms with van der Waals surface area (Å²) in [5.74, 6) is 0. The van der Waals surface area contributed by atoms with Crippen LogP contribution in [0.4, 0.5) is 0 Å². The molecule has 16 heavy (non-hydrogen) atoms. The van der Waals surface area contributed by atoms with E-state index < -0.39 is 0 Å². The molecule has 1 aliphatic rings. The summed E-state index contributed by atoms with van der Waals surface area (Å²) in [6.45, 7) is 6.69. The Labute approximate surface area is 95.9 Å². The molecule has 2 rings (SSSR count). The highest BCUT2D eigenvalue weighted by Gasteiger charge is 2.16. The molecule has 0 N–H and O–H groups in total. The van der Waals surface area contributed by atoms with E-state index in [0.717, 1.165) is 18.8 Å². The van der Waals surface area contributed by atoms with Crippen LogP contribution in [0.2, 0.25) is 0 Å². The van der Waals surface area contributed by atoms with Crippen LogP contribution < -0.4 is 4.68 Å². The lowest BCUT2D eigenvalue weighted by atomic mass is 10.3. The maximum absolute atomic E-state index is 5.50. The fourth-order valence-electron chi connectivity index (χ4n) is 1.74. The van der Waals surface area contributed by atoms with Crippen molar-refractivity contribution in [3.05, 3.63) is 11.9 Å². The molecular weight excluding hydrogens is 206 g/mol. The smallest absolute Gasteiger partial charge is 0.193 e. The zero-order valence-electron chi connectivity index (χ0n) is 9.89. The molecule has 1 aromatic rings. The van der Waals surface area contributed by atoms with Crippen molar-refractivity contribution in [2.75, 3.05) is 19.8 Å². The van der Waals surface area contributed by atoms with Crippen LogP contribution in [0.15, 0.2) is 6.20 Å². The minimum Gasteiger partial charge on any atom is -0.375 e. The Kier molecular flexibility index (Phi) is 4.30. The average Bonchev–Trinajstić information content (AvgIpc) is 2.69. The first-order valence-electron chi connectivity index (χ1n) is 6.02. The average molecular weight is 226 g/mol. The summed E-state index contributed by atoms with van der Waals surface area (Å²) in [4.78, 5) is 0. The van der Waals surface area contributed by atoms with E-state index in [2.05, 4.69) is 18.3 Å². The number of aryl methyl sites for hydroxylation is 1. The maximum atomic E-state index is 5.50. The fourth-order valence-corrected chi connectivity index (χ4v) is 1.74. The quantitative estimate of drug-likeness (QED) is 0.705. The summed E-state index contributed by atoms with van der Waals surface area (Å²) >= 11 is 0. The third-order valence-electron chi connectivity index (χ3n) is 2.66. The van der Waals surface area contributed by atoms with Crippen LogP contribution in [0.5, 0.6) is 0 Å². The Morgan fingerprint density at radius 2 is 2.25 bits per heavy atom. The maximum Gasteiger partial charge on any atom is 0.193 e. The first kappa shape index (κ1) is 11.5.